The number of halogens is 1. The molecule has 1 heterocycles. The topological polar surface area (TPSA) is 24.9 Å². The molecule has 1 saturated carbocycles. The molecule has 0 unspecified atom stereocenters. The highest BCUT2D eigenvalue weighted by molar-refractivity contribution is 9.10. The molecule has 2 nitrogen and oxygen atoms in total. The van der Waals surface area contributed by atoms with Gasteiger partial charge in [0.25, 0.3) is 0 Å². The Labute approximate surface area is 122 Å². The highest BCUT2D eigenvalue weighted by Crippen LogP contribution is 2.38. The summed E-state index contributed by atoms with van der Waals surface area (Å²) < 4.78 is 1.47. The molecular formula is C14H21BrN2S. The summed E-state index contributed by atoms with van der Waals surface area (Å²) in [6.07, 6.45) is 10.9. The van der Waals surface area contributed by atoms with Crippen LogP contribution in [-0.4, -0.2) is 22.5 Å². The summed E-state index contributed by atoms with van der Waals surface area (Å²) in [4.78, 5) is 4.46. The van der Waals surface area contributed by atoms with Crippen LogP contribution in [0.5, 0.6) is 0 Å². The highest BCUT2D eigenvalue weighted by Gasteiger charge is 2.31. The van der Waals surface area contributed by atoms with Crippen LogP contribution in [-0.2, 0) is 0 Å². The van der Waals surface area contributed by atoms with Gasteiger partial charge in [0.2, 0.25) is 0 Å². The van der Waals surface area contributed by atoms with E-state index in [-0.39, 0.29) is 0 Å². The Kier molecular flexibility index (Phi) is 4.96. The normalized spacial score (nSPS) is 18.6. The predicted molar refractivity (Wildman–Crippen MR) is 84.5 cm³/mol. The first-order valence-corrected chi connectivity index (χ1v) is 8.58. The zero-order valence-electron chi connectivity index (χ0n) is 11.1. The third-order valence-electron chi connectivity index (χ3n) is 3.75. The lowest BCUT2D eigenvalue weighted by Crippen LogP contribution is -2.35. The Bertz CT molecular complexity index is 403. The first-order chi connectivity index (χ1) is 8.65. The van der Waals surface area contributed by atoms with Crippen LogP contribution in [0.1, 0.15) is 37.7 Å². The molecule has 0 spiro atoms. The summed E-state index contributed by atoms with van der Waals surface area (Å²) in [5.74, 6) is 0.972. The van der Waals surface area contributed by atoms with Gasteiger partial charge in [-0.1, -0.05) is 19.3 Å². The van der Waals surface area contributed by atoms with Gasteiger partial charge in [-0.25, -0.2) is 4.98 Å². The second kappa shape index (κ2) is 6.29. The minimum atomic E-state index is 0.407. The fraction of sp³-hybridized carbons (Fsp3) is 0.643. The SMILES string of the molecule is CSC1(CNc2ncc(C)cc2Br)CCCCC1. The molecule has 0 aromatic carbocycles. The van der Waals surface area contributed by atoms with Gasteiger partial charge in [-0.3, -0.25) is 0 Å². The van der Waals surface area contributed by atoms with E-state index >= 15 is 0 Å². The lowest BCUT2D eigenvalue weighted by atomic mass is 9.88. The maximum atomic E-state index is 4.46. The summed E-state index contributed by atoms with van der Waals surface area (Å²) in [7, 11) is 0. The molecule has 18 heavy (non-hydrogen) atoms. The second-order valence-corrected chi connectivity index (χ2v) is 7.27. The molecule has 1 aliphatic rings. The molecule has 1 fully saturated rings. The molecule has 0 atom stereocenters. The summed E-state index contributed by atoms with van der Waals surface area (Å²) >= 11 is 5.60. The third kappa shape index (κ3) is 3.41. The van der Waals surface area contributed by atoms with E-state index in [1.165, 1.54) is 37.7 Å². The van der Waals surface area contributed by atoms with Crippen molar-refractivity contribution in [3.05, 3.63) is 22.3 Å². The first kappa shape index (κ1) is 14.2. The molecule has 1 aromatic heterocycles. The van der Waals surface area contributed by atoms with Crippen LogP contribution in [0.15, 0.2) is 16.7 Å². The smallest absolute Gasteiger partial charge is 0.140 e. The van der Waals surface area contributed by atoms with Crippen LogP contribution in [0.4, 0.5) is 5.82 Å². The summed E-state index contributed by atoms with van der Waals surface area (Å²) in [5.41, 5.74) is 1.18. The number of thioether (sulfide) groups is 1. The predicted octanol–water partition coefficient (Wildman–Crippen LogP) is 4.63. The Morgan fingerprint density at radius 2 is 2.11 bits per heavy atom. The number of pyridine rings is 1. The molecule has 1 aliphatic carbocycles. The van der Waals surface area contributed by atoms with Crippen molar-refractivity contribution in [1.82, 2.24) is 4.98 Å². The molecular weight excluding hydrogens is 308 g/mol. The van der Waals surface area contributed by atoms with Crippen molar-refractivity contribution in [3.63, 3.8) is 0 Å². The average Bonchev–Trinajstić information content (AvgIpc) is 2.39. The third-order valence-corrected chi connectivity index (χ3v) is 5.78. The van der Waals surface area contributed by atoms with Gasteiger partial charge in [0, 0.05) is 17.5 Å². The quantitative estimate of drug-likeness (QED) is 0.872. The van der Waals surface area contributed by atoms with Crippen LogP contribution in [0, 0.1) is 6.92 Å². The van der Waals surface area contributed by atoms with E-state index in [1.54, 1.807) is 0 Å². The van der Waals surface area contributed by atoms with E-state index in [1.807, 2.05) is 18.0 Å². The standard InChI is InChI=1S/C14H21BrN2S/c1-11-8-12(15)13(16-9-11)17-10-14(18-2)6-4-3-5-7-14/h8-9H,3-7,10H2,1-2H3,(H,16,17). The number of rotatable bonds is 4. The lowest BCUT2D eigenvalue weighted by Gasteiger charge is -2.36. The molecule has 1 aromatic rings. The Balaban J connectivity index is 2.01. The minimum absolute atomic E-state index is 0.407. The van der Waals surface area contributed by atoms with Crippen molar-refractivity contribution in [3.8, 4) is 0 Å². The van der Waals surface area contributed by atoms with Gasteiger partial charge < -0.3 is 5.32 Å². The zero-order chi connectivity index (χ0) is 13.0. The number of aromatic nitrogens is 1. The molecule has 4 heteroatoms. The molecule has 0 radical (unpaired) electrons. The van der Waals surface area contributed by atoms with E-state index in [0.29, 0.717) is 4.75 Å². The van der Waals surface area contributed by atoms with Crippen molar-refractivity contribution in [2.24, 2.45) is 0 Å². The number of hydrogen-bond donors (Lipinski definition) is 1. The van der Waals surface area contributed by atoms with Gasteiger partial charge in [-0.05, 0) is 53.6 Å². The fourth-order valence-corrected chi connectivity index (χ4v) is 4.07. The fourth-order valence-electron chi connectivity index (χ4n) is 2.56. The van der Waals surface area contributed by atoms with Crippen LogP contribution in [0.25, 0.3) is 0 Å². The molecule has 0 aliphatic heterocycles. The van der Waals surface area contributed by atoms with Crippen molar-refractivity contribution in [2.75, 3.05) is 18.1 Å². The van der Waals surface area contributed by atoms with E-state index in [2.05, 4.69) is 45.5 Å². The van der Waals surface area contributed by atoms with Gasteiger partial charge in [0.1, 0.15) is 5.82 Å². The van der Waals surface area contributed by atoms with Crippen molar-refractivity contribution in [1.29, 1.82) is 0 Å². The summed E-state index contributed by atoms with van der Waals surface area (Å²) in [6.45, 7) is 3.08. The van der Waals surface area contributed by atoms with E-state index in [4.69, 9.17) is 0 Å². The largest absolute Gasteiger partial charge is 0.368 e. The minimum Gasteiger partial charge on any atom is -0.368 e. The second-order valence-electron chi connectivity index (χ2n) is 5.14. The zero-order valence-corrected chi connectivity index (χ0v) is 13.5. The van der Waals surface area contributed by atoms with Gasteiger partial charge in [0.05, 0.1) is 4.47 Å². The Morgan fingerprint density at radius 1 is 1.39 bits per heavy atom. The van der Waals surface area contributed by atoms with Crippen LogP contribution in [0.3, 0.4) is 0 Å². The van der Waals surface area contributed by atoms with Crippen molar-refractivity contribution in [2.45, 2.75) is 43.8 Å². The number of aryl methyl sites for hydroxylation is 1. The molecule has 2 rings (SSSR count). The van der Waals surface area contributed by atoms with Crippen LogP contribution < -0.4 is 5.32 Å². The highest BCUT2D eigenvalue weighted by atomic mass is 79.9. The maximum absolute atomic E-state index is 4.46. The van der Waals surface area contributed by atoms with Gasteiger partial charge in [-0.15, -0.1) is 0 Å². The van der Waals surface area contributed by atoms with Gasteiger partial charge in [-0.2, -0.15) is 11.8 Å². The van der Waals surface area contributed by atoms with E-state index in [0.717, 1.165) is 16.8 Å². The van der Waals surface area contributed by atoms with E-state index < -0.39 is 0 Å². The molecule has 0 amide bonds. The maximum Gasteiger partial charge on any atom is 0.140 e. The van der Waals surface area contributed by atoms with E-state index in [9.17, 15) is 0 Å². The molecule has 100 valence electrons. The number of hydrogen-bond acceptors (Lipinski definition) is 3. The Hall–Kier alpha value is -0.220. The molecule has 1 N–H and O–H groups in total. The first-order valence-electron chi connectivity index (χ1n) is 6.56. The van der Waals surface area contributed by atoms with Gasteiger partial charge in [0.15, 0.2) is 0 Å². The summed E-state index contributed by atoms with van der Waals surface area (Å²) in [5, 5.41) is 3.52. The van der Waals surface area contributed by atoms with Crippen molar-refractivity contribution < 1.29 is 0 Å². The number of anilines is 1. The van der Waals surface area contributed by atoms with Crippen LogP contribution >= 0.6 is 27.7 Å². The molecule has 0 saturated heterocycles. The Morgan fingerprint density at radius 3 is 2.72 bits per heavy atom. The summed E-state index contributed by atoms with van der Waals surface area (Å²) in [6, 6.07) is 2.11. The van der Waals surface area contributed by atoms with Crippen LogP contribution in [0.2, 0.25) is 0 Å². The lowest BCUT2D eigenvalue weighted by molar-refractivity contribution is 0.411. The van der Waals surface area contributed by atoms with Crippen molar-refractivity contribution >= 4 is 33.5 Å². The number of nitrogens with one attached hydrogen (secondary N) is 1. The van der Waals surface area contributed by atoms with Gasteiger partial charge >= 0.3 is 0 Å². The number of nitrogens with zero attached hydrogens (tertiary/aromatic N) is 1. The molecule has 0 bridgehead atoms. The monoisotopic (exact) mass is 328 g/mol. The average molecular weight is 329 g/mol.